The molecule has 0 radical (unpaired) electrons. The molecule has 4 N–H and O–H groups in total. The van der Waals surface area contributed by atoms with E-state index in [1.165, 1.54) is 0 Å². The lowest BCUT2D eigenvalue weighted by atomic mass is 9.91. The standard InChI is InChI=1S/C11H24N4/c1-5-6-11(3,7-8-12)15(4)9-14-10(2)13/h9H,2,5-8,12-13H2,1,3-4H3/b14-9-. The molecule has 1 unspecified atom stereocenters. The van der Waals surface area contributed by atoms with Crippen LogP contribution in [0.4, 0.5) is 0 Å². The van der Waals surface area contributed by atoms with E-state index >= 15 is 0 Å². The van der Waals surface area contributed by atoms with Gasteiger partial charge in [-0.2, -0.15) is 0 Å². The minimum atomic E-state index is 0.0580. The fraction of sp³-hybridized carbons (Fsp3) is 0.727. The summed E-state index contributed by atoms with van der Waals surface area (Å²) in [5.41, 5.74) is 11.1. The van der Waals surface area contributed by atoms with Crippen molar-refractivity contribution < 1.29 is 0 Å². The summed E-state index contributed by atoms with van der Waals surface area (Å²) in [6, 6.07) is 0. The predicted octanol–water partition coefficient (Wildman–Crippen LogP) is 1.28. The van der Waals surface area contributed by atoms with Crippen molar-refractivity contribution in [3.63, 3.8) is 0 Å². The van der Waals surface area contributed by atoms with E-state index in [0.717, 1.165) is 19.3 Å². The summed E-state index contributed by atoms with van der Waals surface area (Å²) in [6.45, 7) is 8.57. The summed E-state index contributed by atoms with van der Waals surface area (Å²) in [6.07, 6.45) is 4.89. The molecule has 0 aromatic carbocycles. The van der Waals surface area contributed by atoms with Gasteiger partial charge in [-0.05, 0) is 26.3 Å². The molecule has 0 aliphatic rings. The number of hydrogen-bond donors (Lipinski definition) is 2. The molecule has 4 heteroatoms. The summed E-state index contributed by atoms with van der Waals surface area (Å²) in [5.74, 6) is 0.327. The highest BCUT2D eigenvalue weighted by Gasteiger charge is 2.25. The molecule has 0 spiro atoms. The Morgan fingerprint density at radius 1 is 1.53 bits per heavy atom. The van der Waals surface area contributed by atoms with Gasteiger partial charge in [-0.15, -0.1) is 0 Å². The number of aliphatic imine (C=N–C) groups is 1. The zero-order valence-corrected chi connectivity index (χ0v) is 10.2. The van der Waals surface area contributed by atoms with Crippen molar-refractivity contribution in [2.75, 3.05) is 13.6 Å². The Bertz CT molecular complexity index is 217. The fourth-order valence-electron chi connectivity index (χ4n) is 1.63. The molecule has 0 aromatic rings. The molecule has 0 rings (SSSR count). The molecule has 1 atom stereocenters. The van der Waals surface area contributed by atoms with Gasteiger partial charge in [0.1, 0.15) is 5.82 Å². The molecule has 88 valence electrons. The van der Waals surface area contributed by atoms with Crippen LogP contribution in [0.3, 0.4) is 0 Å². The van der Waals surface area contributed by atoms with Crippen molar-refractivity contribution >= 4 is 6.34 Å². The van der Waals surface area contributed by atoms with Crippen molar-refractivity contribution in [3.8, 4) is 0 Å². The van der Waals surface area contributed by atoms with Crippen LogP contribution in [0.15, 0.2) is 17.4 Å². The van der Waals surface area contributed by atoms with Crippen molar-refractivity contribution in [1.82, 2.24) is 4.90 Å². The topological polar surface area (TPSA) is 67.6 Å². The van der Waals surface area contributed by atoms with E-state index < -0.39 is 0 Å². The van der Waals surface area contributed by atoms with Gasteiger partial charge in [-0.25, -0.2) is 4.99 Å². The Kier molecular flexibility index (Phi) is 6.01. The summed E-state index contributed by atoms with van der Waals surface area (Å²) >= 11 is 0. The number of nitrogens with two attached hydrogens (primary N) is 2. The van der Waals surface area contributed by atoms with Crippen LogP contribution < -0.4 is 11.5 Å². The molecule has 0 aliphatic heterocycles. The highest BCUT2D eigenvalue weighted by Crippen LogP contribution is 2.22. The SMILES string of the molecule is C=C(N)/N=C\N(C)C(C)(CCC)CCN. The molecule has 0 fully saturated rings. The molecule has 0 saturated carbocycles. The third-order valence-electron chi connectivity index (χ3n) is 2.72. The number of nitrogens with zero attached hydrogens (tertiary/aromatic N) is 2. The van der Waals surface area contributed by atoms with Gasteiger partial charge < -0.3 is 16.4 Å². The van der Waals surface area contributed by atoms with Gasteiger partial charge in [-0.1, -0.05) is 19.9 Å². The average molecular weight is 212 g/mol. The van der Waals surface area contributed by atoms with Gasteiger partial charge >= 0.3 is 0 Å². The summed E-state index contributed by atoms with van der Waals surface area (Å²) in [4.78, 5) is 6.07. The minimum Gasteiger partial charge on any atom is -0.384 e. The third-order valence-corrected chi connectivity index (χ3v) is 2.72. The van der Waals surface area contributed by atoms with Crippen molar-refractivity contribution in [2.45, 2.75) is 38.6 Å². The van der Waals surface area contributed by atoms with E-state index in [1.54, 1.807) is 6.34 Å². The maximum absolute atomic E-state index is 5.63. The van der Waals surface area contributed by atoms with Crippen molar-refractivity contribution in [1.29, 1.82) is 0 Å². The highest BCUT2D eigenvalue weighted by atomic mass is 15.2. The lowest BCUT2D eigenvalue weighted by Crippen LogP contribution is -2.44. The normalized spacial score (nSPS) is 15.2. The Morgan fingerprint density at radius 2 is 2.13 bits per heavy atom. The van der Waals surface area contributed by atoms with Crippen LogP contribution in [0.25, 0.3) is 0 Å². The van der Waals surface area contributed by atoms with Gasteiger partial charge in [0.25, 0.3) is 0 Å². The smallest absolute Gasteiger partial charge is 0.117 e. The quantitative estimate of drug-likeness (QED) is 0.493. The van der Waals surface area contributed by atoms with E-state index in [-0.39, 0.29) is 5.54 Å². The van der Waals surface area contributed by atoms with E-state index in [0.29, 0.717) is 12.4 Å². The highest BCUT2D eigenvalue weighted by molar-refractivity contribution is 5.57. The van der Waals surface area contributed by atoms with Gasteiger partial charge in [-0.3, -0.25) is 0 Å². The molecule has 0 heterocycles. The van der Waals surface area contributed by atoms with E-state index in [4.69, 9.17) is 11.5 Å². The molecule has 15 heavy (non-hydrogen) atoms. The maximum atomic E-state index is 5.63. The first-order chi connectivity index (χ1) is 6.96. The average Bonchev–Trinajstić information content (AvgIpc) is 2.14. The van der Waals surface area contributed by atoms with Crippen LogP contribution >= 0.6 is 0 Å². The van der Waals surface area contributed by atoms with Crippen LogP contribution in [-0.2, 0) is 0 Å². The largest absolute Gasteiger partial charge is 0.384 e. The molecule has 4 nitrogen and oxygen atoms in total. The Labute approximate surface area is 93.0 Å². The Morgan fingerprint density at radius 3 is 2.53 bits per heavy atom. The van der Waals surface area contributed by atoms with Crippen LogP contribution in [-0.4, -0.2) is 30.4 Å². The zero-order valence-electron chi connectivity index (χ0n) is 10.2. The molecule has 0 aliphatic carbocycles. The van der Waals surface area contributed by atoms with E-state index in [9.17, 15) is 0 Å². The zero-order chi connectivity index (χ0) is 11.9. The van der Waals surface area contributed by atoms with Crippen LogP contribution in [0.1, 0.15) is 33.1 Å². The first kappa shape index (κ1) is 14.0. The minimum absolute atomic E-state index is 0.0580. The molecule has 0 saturated heterocycles. The van der Waals surface area contributed by atoms with Gasteiger partial charge in [0, 0.05) is 12.6 Å². The second kappa shape index (κ2) is 6.45. The van der Waals surface area contributed by atoms with Crippen LogP contribution in [0.5, 0.6) is 0 Å². The lowest BCUT2D eigenvalue weighted by molar-refractivity contribution is 0.204. The fourth-order valence-corrected chi connectivity index (χ4v) is 1.63. The molecule has 0 amide bonds. The monoisotopic (exact) mass is 212 g/mol. The Balaban J connectivity index is 4.53. The van der Waals surface area contributed by atoms with Crippen molar-refractivity contribution in [3.05, 3.63) is 12.4 Å². The Hall–Kier alpha value is -1.03. The third kappa shape index (κ3) is 4.83. The lowest BCUT2D eigenvalue weighted by Gasteiger charge is -2.37. The molecular formula is C11H24N4. The van der Waals surface area contributed by atoms with Gasteiger partial charge in [0.15, 0.2) is 0 Å². The predicted molar refractivity (Wildman–Crippen MR) is 66.6 cm³/mol. The summed E-state index contributed by atoms with van der Waals surface area (Å²) in [7, 11) is 2.00. The molecule has 0 aromatic heterocycles. The van der Waals surface area contributed by atoms with E-state index in [2.05, 4.69) is 30.3 Å². The summed E-state index contributed by atoms with van der Waals surface area (Å²) in [5, 5.41) is 0. The van der Waals surface area contributed by atoms with Gasteiger partial charge in [0.05, 0.1) is 6.34 Å². The first-order valence-corrected chi connectivity index (χ1v) is 5.38. The van der Waals surface area contributed by atoms with Crippen LogP contribution in [0, 0.1) is 0 Å². The number of rotatable bonds is 7. The van der Waals surface area contributed by atoms with Gasteiger partial charge in [0.2, 0.25) is 0 Å². The second-order valence-electron chi connectivity index (χ2n) is 4.13. The maximum Gasteiger partial charge on any atom is 0.117 e. The van der Waals surface area contributed by atoms with Crippen molar-refractivity contribution in [2.24, 2.45) is 16.5 Å². The first-order valence-electron chi connectivity index (χ1n) is 5.38. The molecule has 0 bridgehead atoms. The van der Waals surface area contributed by atoms with E-state index in [1.807, 2.05) is 7.05 Å². The van der Waals surface area contributed by atoms with Crippen LogP contribution in [0.2, 0.25) is 0 Å². The number of hydrogen-bond acceptors (Lipinski definition) is 3. The molecular weight excluding hydrogens is 188 g/mol. The summed E-state index contributed by atoms with van der Waals surface area (Å²) < 4.78 is 0. The second-order valence-corrected chi connectivity index (χ2v) is 4.13.